The van der Waals surface area contributed by atoms with Crippen LogP contribution in [-0.2, 0) is 0 Å². The molecule has 0 spiro atoms. The molecule has 11 heteroatoms. The second kappa shape index (κ2) is 19.4. The van der Waals surface area contributed by atoms with Crippen LogP contribution in [0.2, 0.25) is 39.3 Å². The number of benzene rings is 3. The van der Waals surface area contributed by atoms with Gasteiger partial charge in [0.1, 0.15) is 0 Å². The third kappa shape index (κ3) is 13.3. The van der Waals surface area contributed by atoms with Crippen molar-refractivity contribution in [3.63, 3.8) is 0 Å². The fraction of sp³-hybridized carbons (Fsp3) is 0.471. The fourth-order valence-corrected chi connectivity index (χ4v) is 12.2. The van der Waals surface area contributed by atoms with E-state index in [-0.39, 0.29) is 31.1 Å². The van der Waals surface area contributed by atoms with Gasteiger partial charge < -0.3 is 34.0 Å². The average Bonchev–Trinajstić information content (AvgIpc) is 3.11. The summed E-state index contributed by atoms with van der Waals surface area (Å²) in [6, 6.07) is 31.5. The molecule has 0 aliphatic carbocycles. The van der Waals surface area contributed by atoms with E-state index in [1.165, 1.54) is 0 Å². The average molecular weight is 884 g/mol. The Hall–Kier alpha value is -1.40. The van der Waals surface area contributed by atoms with Crippen LogP contribution in [0.4, 0.5) is 17.1 Å². The number of rotatable bonds is 11. The SMILES string of the molecule is CC[N-]CC.C[Si](C)([N-]c1ccccc1)N1CCN([Si](C)(C)[N-]c2ccccc2)CCN([Si](C)(C)[N-]c2ccccc2)CC1.[U+4]. The van der Waals surface area contributed by atoms with Gasteiger partial charge in [0.15, 0.2) is 0 Å². The first-order valence-corrected chi connectivity index (χ1v) is 24.9. The fourth-order valence-electron chi connectivity index (χ4n) is 5.59. The van der Waals surface area contributed by atoms with Crippen LogP contribution in [0.5, 0.6) is 0 Å². The minimum atomic E-state index is -2.07. The van der Waals surface area contributed by atoms with Crippen molar-refractivity contribution in [1.29, 1.82) is 0 Å². The molecule has 3 aromatic rings. The molecule has 4 rings (SSSR count). The predicted octanol–water partition coefficient (Wildman–Crippen LogP) is 9.53. The van der Waals surface area contributed by atoms with E-state index in [0.29, 0.717) is 0 Å². The van der Waals surface area contributed by atoms with Gasteiger partial charge in [-0.15, -0.1) is 17.1 Å². The summed E-state index contributed by atoms with van der Waals surface area (Å²) in [6.45, 7) is 26.5. The maximum absolute atomic E-state index is 5.33. The van der Waals surface area contributed by atoms with Crippen LogP contribution in [0.15, 0.2) is 91.0 Å². The van der Waals surface area contributed by atoms with Crippen LogP contribution in [0.3, 0.4) is 0 Å². The van der Waals surface area contributed by atoms with E-state index in [1.54, 1.807) is 0 Å². The van der Waals surface area contributed by atoms with Crippen molar-refractivity contribution in [3.8, 4) is 0 Å². The Balaban J connectivity index is 0.00000109. The van der Waals surface area contributed by atoms with Crippen molar-refractivity contribution in [3.05, 3.63) is 111 Å². The predicted molar refractivity (Wildman–Crippen MR) is 200 cm³/mol. The summed E-state index contributed by atoms with van der Waals surface area (Å²) < 4.78 is 8.10. The van der Waals surface area contributed by atoms with Gasteiger partial charge in [0.2, 0.25) is 0 Å². The summed E-state index contributed by atoms with van der Waals surface area (Å²) in [5, 5.41) is 3.97. The molecule has 0 amide bonds. The van der Waals surface area contributed by atoms with Crippen LogP contribution in [-0.4, -0.2) is 91.2 Å². The topological polar surface area (TPSA) is 66.1 Å². The van der Waals surface area contributed by atoms with E-state index >= 15 is 0 Å². The molecule has 0 aromatic heterocycles. The van der Waals surface area contributed by atoms with Crippen molar-refractivity contribution in [1.82, 2.24) is 13.7 Å². The molecule has 0 N–H and O–H groups in total. The van der Waals surface area contributed by atoms with E-state index in [0.717, 1.165) is 69.4 Å². The zero-order valence-electron chi connectivity index (χ0n) is 28.9. The second-order valence-electron chi connectivity index (χ2n) is 12.6. The Morgan fingerprint density at radius 3 is 0.844 bits per heavy atom. The van der Waals surface area contributed by atoms with E-state index < -0.39 is 25.2 Å². The van der Waals surface area contributed by atoms with Crippen LogP contribution >= 0.6 is 0 Å². The van der Waals surface area contributed by atoms with Crippen molar-refractivity contribution in [2.45, 2.75) is 53.1 Å². The normalized spacial score (nSPS) is 15.7. The van der Waals surface area contributed by atoms with E-state index in [9.17, 15) is 0 Å². The molecule has 1 aliphatic rings. The Morgan fingerprint density at radius 1 is 0.444 bits per heavy atom. The largest absolute Gasteiger partial charge is 4.00 e. The minimum Gasteiger partial charge on any atom is -0.675 e. The first kappa shape index (κ1) is 39.8. The maximum atomic E-state index is 5.33. The van der Waals surface area contributed by atoms with Crippen molar-refractivity contribution < 1.29 is 31.1 Å². The Kier molecular flexibility index (Phi) is 17.2. The van der Waals surface area contributed by atoms with Crippen molar-refractivity contribution >= 4 is 42.3 Å². The molecule has 0 bridgehead atoms. The van der Waals surface area contributed by atoms with Crippen molar-refractivity contribution in [2.24, 2.45) is 0 Å². The summed E-state index contributed by atoms with van der Waals surface area (Å²) in [6.07, 6.45) is 0. The Morgan fingerprint density at radius 2 is 0.667 bits per heavy atom. The summed E-state index contributed by atoms with van der Waals surface area (Å²) in [5.41, 5.74) is 3.26. The molecule has 3 aromatic carbocycles. The number of nitrogens with zero attached hydrogens (tertiary/aromatic N) is 7. The molecule has 0 radical (unpaired) electrons. The first-order chi connectivity index (χ1) is 21.0. The summed E-state index contributed by atoms with van der Waals surface area (Å²) in [5.74, 6) is 0. The van der Waals surface area contributed by atoms with Gasteiger partial charge in [-0.3, -0.25) is 0 Å². The summed E-state index contributed by atoms with van der Waals surface area (Å²) in [7, 11) is -6.21. The molecule has 0 saturated carbocycles. The van der Waals surface area contributed by atoms with Gasteiger partial charge in [-0.25, -0.2) is 0 Å². The molecular weight excluding hydrogens is 829 g/mol. The molecule has 7 nitrogen and oxygen atoms in total. The Bertz CT molecular complexity index is 1040. The Labute approximate surface area is 301 Å². The first-order valence-electron chi connectivity index (χ1n) is 16.2. The number of hydrogen-bond acceptors (Lipinski definition) is 3. The molecule has 242 valence electrons. The van der Waals surface area contributed by atoms with Gasteiger partial charge in [-0.1, -0.05) is 144 Å². The van der Waals surface area contributed by atoms with Crippen LogP contribution in [0, 0.1) is 31.1 Å². The number of hydrogen-bond donors (Lipinski definition) is 0. The molecular formula is C34H55N7Si3U. The maximum Gasteiger partial charge on any atom is 4.00 e. The molecule has 1 heterocycles. The molecule has 45 heavy (non-hydrogen) atoms. The molecule has 1 saturated heterocycles. The van der Waals surface area contributed by atoms with Gasteiger partial charge in [0.05, 0.1) is 0 Å². The molecule has 1 aliphatic heterocycles. The smallest absolute Gasteiger partial charge is 0.675 e. The standard InChI is InChI=1S/C30H45N6Si3.C4H10N.U/c1-37(2,31-28-16-10-7-11-17-28)34-22-24-35(38(3,4)32-29-18-12-8-13-19-29)26-27-36(25-23-34)39(5,6)33-30-20-14-9-15-21-30;1-3-5-4-2;/h7-21H,22-27H2,1-6H3;3-4H2,1-2H3;/q-3;-1;+4. The van der Waals surface area contributed by atoms with Gasteiger partial charge in [-0.05, 0) is 0 Å². The van der Waals surface area contributed by atoms with Crippen LogP contribution in [0.25, 0.3) is 20.3 Å². The monoisotopic (exact) mass is 883 g/mol. The van der Waals surface area contributed by atoms with Crippen molar-refractivity contribution in [2.75, 3.05) is 52.4 Å². The van der Waals surface area contributed by atoms with Gasteiger partial charge in [0, 0.05) is 64.5 Å². The van der Waals surface area contributed by atoms with E-state index in [2.05, 4.69) is 149 Å². The zero-order valence-corrected chi connectivity index (χ0v) is 36.1. The molecule has 0 atom stereocenters. The summed E-state index contributed by atoms with van der Waals surface area (Å²) >= 11 is 0. The van der Waals surface area contributed by atoms with E-state index in [1.807, 2.05) is 13.8 Å². The summed E-state index contributed by atoms with van der Waals surface area (Å²) in [4.78, 5) is 16.0. The van der Waals surface area contributed by atoms with Crippen LogP contribution in [0.1, 0.15) is 13.8 Å². The van der Waals surface area contributed by atoms with Gasteiger partial charge in [-0.2, -0.15) is 13.1 Å². The molecule has 1 fully saturated rings. The zero-order chi connectivity index (χ0) is 32.1. The second-order valence-corrected chi connectivity index (χ2v) is 24.2. The van der Waals surface area contributed by atoms with Gasteiger partial charge in [0.25, 0.3) is 0 Å². The minimum absolute atomic E-state index is 0. The molecule has 0 unspecified atom stereocenters. The van der Waals surface area contributed by atoms with E-state index in [4.69, 9.17) is 14.9 Å². The van der Waals surface area contributed by atoms with Crippen LogP contribution < -0.4 is 0 Å². The quantitative estimate of drug-likeness (QED) is 0.180. The third-order valence-corrected chi connectivity index (χ3v) is 16.6. The van der Waals surface area contributed by atoms with Gasteiger partial charge >= 0.3 is 31.1 Å². The third-order valence-electron chi connectivity index (χ3n) is 8.17.